The summed E-state index contributed by atoms with van der Waals surface area (Å²) in [6.07, 6.45) is 1.60. The quantitative estimate of drug-likeness (QED) is 0.725. The van der Waals surface area contributed by atoms with E-state index in [1.54, 1.807) is 0 Å². The molecule has 0 saturated heterocycles. The molecule has 21 heavy (non-hydrogen) atoms. The van der Waals surface area contributed by atoms with Crippen molar-refractivity contribution in [3.05, 3.63) is 70.8 Å². The van der Waals surface area contributed by atoms with E-state index in [1.165, 1.54) is 16.7 Å². The van der Waals surface area contributed by atoms with Gasteiger partial charge in [0.15, 0.2) is 5.78 Å². The minimum Gasteiger partial charge on any atom is -0.294 e. The van der Waals surface area contributed by atoms with Crippen LogP contribution in [0, 0.1) is 0 Å². The third-order valence-corrected chi connectivity index (χ3v) is 4.44. The van der Waals surface area contributed by atoms with Crippen molar-refractivity contribution in [2.75, 3.05) is 0 Å². The van der Waals surface area contributed by atoms with Gasteiger partial charge in [-0.25, -0.2) is 0 Å². The molecule has 0 radical (unpaired) electrons. The van der Waals surface area contributed by atoms with Crippen molar-refractivity contribution in [1.82, 2.24) is 0 Å². The van der Waals surface area contributed by atoms with Crippen molar-refractivity contribution < 1.29 is 4.79 Å². The largest absolute Gasteiger partial charge is 0.294 e. The van der Waals surface area contributed by atoms with Gasteiger partial charge in [0, 0.05) is 12.0 Å². The number of rotatable bonds is 1. The summed E-state index contributed by atoms with van der Waals surface area (Å²) in [5.74, 6) is 0.604. The molecule has 0 heterocycles. The van der Waals surface area contributed by atoms with E-state index in [4.69, 9.17) is 0 Å². The second-order valence-corrected chi connectivity index (χ2v) is 7.06. The number of carbonyl (C=O) groups excluding carboxylic acids is 1. The topological polar surface area (TPSA) is 17.1 Å². The van der Waals surface area contributed by atoms with Gasteiger partial charge in [0.05, 0.1) is 0 Å². The van der Waals surface area contributed by atoms with E-state index in [9.17, 15) is 4.79 Å². The van der Waals surface area contributed by atoms with Crippen LogP contribution < -0.4 is 0 Å². The number of fused-ring (bicyclic) bond motifs is 1. The van der Waals surface area contributed by atoms with E-state index in [1.807, 2.05) is 12.1 Å². The van der Waals surface area contributed by atoms with E-state index in [0.29, 0.717) is 12.3 Å². The van der Waals surface area contributed by atoms with E-state index < -0.39 is 0 Å². The molecule has 1 unspecified atom stereocenters. The summed E-state index contributed by atoms with van der Waals surface area (Å²) >= 11 is 0. The Balaban J connectivity index is 1.98. The molecule has 2 aromatic carbocycles. The summed E-state index contributed by atoms with van der Waals surface area (Å²) in [4.78, 5) is 12.4. The van der Waals surface area contributed by atoms with E-state index >= 15 is 0 Å². The lowest BCUT2D eigenvalue weighted by Gasteiger charge is -2.27. The molecular weight excluding hydrogens is 256 g/mol. The maximum Gasteiger partial charge on any atom is 0.163 e. The van der Waals surface area contributed by atoms with Crippen molar-refractivity contribution in [1.29, 1.82) is 0 Å². The first-order chi connectivity index (χ1) is 9.95. The molecule has 0 aliphatic heterocycles. The molecule has 0 amide bonds. The maximum atomic E-state index is 12.4. The van der Waals surface area contributed by atoms with Crippen LogP contribution in [0.25, 0.3) is 0 Å². The van der Waals surface area contributed by atoms with Crippen LogP contribution in [0.2, 0.25) is 0 Å². The number of Topliss-reactive ketones (excluding diaryl/α,β-unsaturated/α-hetero) is 1. The van der Waals surface area contributed by atoms with Crippen LogP contribution in [0.15, 0.2) is 48.5 Å². The fraction of sp³-hybridized carbons (Fsp3) is 0.350. The van der Waals surface area contributed by atoms with Crippen molar-refractivity contribution >= 4 is 5.78 Å². The molecule has 108 valence electrons. The number of ketones is 1. The highest BCUT2D eigenvalue weighted by Crippen LogP contribution is 2.34. The Morgan fingerprint density at radius 3 is 2.33 bits per heavy atom. The van der Waals surface area contributed by atoms with Crippen LogP contribution in [0.5, 0.6) is 0 Å². The fourth-order valence-electron chi connectivity index (χ4n) is 3.13. The highest BCUT2D eigenvalue weighted by molar-refractivity contribution is 5.99. The van der Waals surface area contributed by atoms with Gasteiger partial charge in [0.1, 0.15) is 0 Å². The second kappa shape index (κ2) is 5.14. The van der Waals surface area contributed by atoms with Crippen LogP contribution in [0.3, 0.4) is 0 Å². The highest BCUT2D eigenvalue weighted by atomic mass is 16.1. The van der Waals surface area contributed by atoms with E-state index in [0.717, 1.165) is 12.0 Å². The number of hydrogen-bond donors (Lipinski definition) is 0. The van der Waals surface area contributed by atoms with Gasteiger partial charge in [-0.15, -0.1) is 0 Å². The Hall–Kier alpha value is -1.89. The van der Waals surface area contributed by atoms with Gasteiger partial charge in [0.2, 0.25) is 0 Å². The lowest BCUT2D eigenvalue weighted by Crippen LogP contribution is -2.20. The van der Waals surface area contributed by atoms with Gasteiger partial charge in [0.25, 0.3) is 0 Å². The molecule has 0 spiro atoms. The first-order valence-corrected chi connectivity index (χ1v) is 7.67. The lowest BCUT2D eigenvalue weighted by atomic mass is 9.77. The zero-order valence-electron chi connectivity index (χ0n) is 13.0. The minimum absolute atomic E-state index is 0.123. The summed E-state index contributed by atoms with van der Waals surface area (Å²) in [5, 5.41) is 0. The lowest BCUT2D eigenvalue weighted by molar-refractivity contribution is 0.0964. The molecule has 0 aromatic heterocycles. The molecule has 0 N–H and O–H groups in total. The van der Waals surface area contributed by atoms with Crippen molar-refractivity contribution in [3.8, 4) is 0 Å². The summed E-state index contributed by atoms with van der Waals surface area (Å²) in [7, 11) is 0. The zero-order valence-corrected chi connectivity index (χ0v) is 13.0. The Labute approximate surface area is 127 Å². The normalized spacial score (nSPS) is 18.4. The molecule has 0 bridgehead atoms. The average molecular weight is 278 g/mol. The zero-order chi connectivity index (χ0) is 15.0. The monoisotopic (exact) mass is 278 g/mol. The Kier molecular flexibility index (Phi) is 3.44. The van der Waals surface area contributed by atoms with Crippen LogP contribution in [0.4, 0.5) is 0 Å². The van der Waals surface area contributed by atoms with E-state index in [-0.39, 0.29) is 11.2 Å². The van der Waals surface area contributed by atoms with Gasteiger partial charge in [-0.1, -0.05) is 69.3 Å². The van der Waals surface area contributed by atoms with Gasteiger partial charge >= 0.3 is 0 Å². The molecule has 1 heteroatoms. The SMILES string of the molecule is CC(C)(C)c1ccc2c(c1)CC(c1ccccc1)CC2=O. The molecule has 0 fully saturated rings. The molecule has 2 aromatic rings. The number of benzene rings is 2. The standard InChI is InChI=1S/C20H22O/c1-20(2,3)17-9-10-18-16(12-17)11-15(13-19(18)21)14-7-5-4-6-8-14/h4-10,12,15H,11,13H2,1-3H3. The van der Waals surface area contributed by atoms with E-state index in [2.05, 4.69) is 57.2 Å². The molecule has 3 rings (SSSR count). The molecule has 1 atom stereocenters. The number of carbonyl (C=O) groups is 1. The molecule has 1 aliphatic rings. The first-order valence-electron chi connectivity index (χ1n) is 7.67. The predicted octanol–water partition coefficient (Wildman–Crippen LogP) is 4.90. The van der Waals surface area contributed by atoms with Crippen molar-refractivity contribution in [2.24, 2.45) is 0 Å². The first kappa shape index (κ1) is 14.1. The maximum absolute atomic E-state index is 12.4. The third-order valence-electron chi connectivity index (χ3n) is 4.44. The molecular formula is C20H22O. The summed E-state index contributed by atoms with van der Waals surface area (Å²) < 4.78 is 0. The average Bonchev–Trinajstić information content (AvgIpc) is 2.46. The van der Waals surface area contributed by atoms with Gasteiger partial charge < -0.3 is 0 Å². The van der Waals surface area contributed by atoms with Crippen LogP contribution in [-0.4, -0.2) is 5.78 Å². The summed E-state index contributed by atoms with van der Waals surface area (Å²) in [6, 6.07) is 16.8. The highest BCUT2D eigenvalue weighted by Gasteiger charge is 2.27. The summed E-state index contributed by atoms with van der Waals surface area (Å²) in [6.45, 7) is 6.65. The predicted molar refractivity (Wildman–Crippen MR) is 87.0 cm³/mol. The molecule has 0 saturated carbocycles. The van der Waals surface area contributed by atoms with Crippen molar-refractivity contribution in [3.63, 3.8) is 0 Å². The number of hydrogen-bond acceptors (Lipinski definition) is 1. The van der Waals surface area contributed by atoms with Gasteiger partial charge in [-0.2, -0.15) is 0 Å². The van der Waals surface area contributed by atoms with Crippen LogP contribution >= 0.6 is 0 Å². The van der Waals surface area contributed by atoms with Crippen LogP contribution in [0.1, 0.15) is 60.2 Å². The van der Waals surface area contributed by atoms with Crippen molar-refractivity contribution in [2.45, 2.75) is 44.9 Å². The fourth-order valence-corrected chi connectivity index (χ4v) is 3.13. The molecule has 1 aliphatic carbocycles. The smallest absolute Gasteiger partial charge is 0.163 e. The Morgan fingerprint density at radius 1 is 0.952 bits per heavy atom. The Bertz CT molecular complexity index is 662. The van der Waals surface area contributed by atoms with Crippen LogP contribution in [-0.2, 0) is 11.8 Å². The minimum atomic E-state index is 0.123. The second-order valence-electron chi connectivity index (χ2n) is 7.06. The third kappa shape index (κ3) is 2.78. The Morgan fingerprint density at radius 2 is 1.67 bits per heavy atom. The molecule has 1 nitrogen and oxygen atoms in total. The van der Waals surface area contributed by atoms with Gasteiger partial charge in [-0.05, 0) is 34.4 Å². The summed E-state index contributed by atoms with van der Waals surface area (Å²) in [5.41, 5.74) is 4.85. The van der Waals surface area contributed by atoms with Gasteiger partial charge in [-0.3, -0.25) is 4.79 Å².